The molecule has 0 fully saturated rings. The van der Waals surface area contributed by atoms with Crippen molar-refractivity contribution in [2.75, 3.05) is 11.9 Å². The Morgan fingerprint density at radius 1 is 1.35 bits per heavy atom. The quantitative estimate of drug-likeness (QED) is 0.751. The highest BCUT2D eigenvalue weighted by molar-refractivity contribution is 5.91. The van der Waals surface area contributed by atoms with Crippen LogP contribution in [0.3, 0.4) is 0 Å². The van der Waals surface area contributed by atoms with E-state index in [1.807, 2.05) is 0 Å². The molecule has 126 valence electrons. The number of amides is 2. The predicted molar refractivity (Wildman–Crippen MR) is 86.0 cm³/mol. The number of hydrogen-bond acceptors (Lipinski definition) is 2. The Morgan fingerprint density at radius 3 is 2.87 bits per heavy atom. The van der Waals surface area contributed by atoms with Gasteiger partial charge in [0.25, 0.3) is 0 Å². The predicted octanol–water partition coefficient (Wildman–Crippen LogP) is 4.61. The second-order valence-electron chi connectivity index (χ2n) is 5.57. The molecule has 2 amide bonds. The number of nitrogens with one attached hydrogen (secondary N) is 2. The number of para-hydroxylation sites is 1. The lowest BCUT2D eigenvalue weighted by Gasteiger charge is -2.16. The Morgan fingerprint density at radius 2 is 2.17 bits per heavy atom. The van der Waals surface area contributed by atoms with Crippen LogP contribution < -0.4 is 15.4 Å². The minimum absolute atomic E-state index is 0.0369. The van der Waals surface area contributed by atoms with Crippen LogP contribution >= 0.6 is 0 Å². The normalized spacial score (nSPS) is 14.3. The van der Waals surface area contributed by atoms with Crippen LogP contribution in [0.15, 0.2) is 29.8 Å². The van der Waals surface area contributed by atoms with Crippen molar-refractivity contribution in [3.8, 4) is 5.75 Å². The van der Waals surface area contributed by atoms with Crippen molar-refractivity contribution in [3.63, 3.8) is 0 Å². The zero-order valence-corrected chi connectivity index (χ0v) is 13.2. The first-order valence-corrected chi connectivity index (χ1v) is 7.83. The van der Waals surface area contributed by atoms with Crippen LogP contribution in [-0.4, -0.2) is 19.2 Å². The van der Waals surface area contributed by atoms with Gasteiger partial charge in [-0.25, -0.2) is 4.79 Å². The van der Waals surface area contributed by atoms with Gasteiger partial charge in [-0.3, -0.25) is 0 Å². The standard InChI is InChI=1S/C17H22F2N2O2/c1-12-6-5-9-14(23-16(18)19)15(12)21-17(22)20-11-10-13-7-3-2-4-8-13/h5-7,9,16H,2-4,8,10-11H2,1H3,(H2,20,21,22). The number of allylic oxidation sites excluding steroid dienone is 1. The van der Waals surface area contributed by atoms with Crippen LogP contribution in [-0.2, 0) is 0 Å². The molecular formula is C17H22F2N2O2. The average Bonchev–Trinajstić information content (AvgIpc) is 2.51. The number of alkyl halides is 2. The maximum atomic E-state index is 12.4. The Balaban J connectivity index is 1.88. The molecule has 2 rings (SSSR count). The summed E-state index contributed by atoms with van der Waals surface area (Å²) >= 11 is 0. The molecule has 1 aromatic carbocycles. The maximum Gasteiger partial charge on any atom is 0.387 e. The first-order valence-electron chi connectivity index (χ1n) is 7.83. The molecule has 0 aromatic heterocycles. The van der Waals surface area contributed by atoms with E-state index < -0.39 is 12.6 Å². The molecule has 0 aliphatic heterocycles. The van der Waals surface area contributed by atoms with Gasteiger partial charge >= 0.3 is 12.6 Å². The van der Waals surface area contributed by atoms with Crippen LogP contribution in [0, 0.1) is 6.92 Å². The highest BCUT2D eigenvalue weighted by Gasteiger charge is 2.14. The van der Waals surface area contributed by atoms with E-state index in [0.29, 0.717) is 12.1 Å². The molecule has 0 bridgehead atoms. The van der Waals surface area contributed by atoms with Gasteiger partial charge in [0.2, 0.25) is 0 Å². The lowest BCUT2D eigenvalue weighted by Crippen LogP contribution is -2.30. The van der Waals surface area contributed by atoms with Crippen molar-refractivity contribution < 1.29 is 18.3 Å². The van der Waals surface area contributed by atoms with Crippen molar-refractivity contribution in [2.24, 2.45) is 0 Å². The number of aryl methyl sites for hydroxylation is 1. The lowest BCUT2D eigenvalue weighted by atomic mass is 9.97. The molecule has 1 aromatic rings. The fourth-order valence-electron chi connectivity index (χ4n) is 2.62. The number of hydrogen-bond donors (Lipinski definition) is 2. The number of benzene rings is 1. The smallest absolute Gasteiger partial charge is 0.387 e. The SMILES string of the molecule is Cc1cccc(OC(F)F)c1NC(=O)NCCC1=CCCCC1. The van der Waals surface area contributed by atoms with E-state index in [1.54, 1.807) is 19.1 Å². The number of carbonyl (C=O) groups excluding carboxylic acids is 1. The molecular weight excluding hydrogens is 302 g/mol. The minimum Gasteiger partial charge on any atom is -0.433 e. The van der Waals surface area contributed by atoms with E-state index in [4.69, 9.17) is 0 Å². The summed E-state index contributed by atoms with van der Waals surface area (Å²) in [6.45, 7) is -0.686. The van der Waals surface area contributed by atoms with Gasteiger partial charge in [-0.05, 0) is 50.7 Å². The Labute approximate surface area is 134 Å². The van der Waals surface area contributed by atoms with Gasteiger partial charge in [-0.1, -0.05) is 23.8 Å². The van der Waals surface area contributed by atoms with Gasteiger partial charge in [0.1, 0.15) is 5.75 Å². The average molecular weight is 324 g/mol. The Bertz CT molecular complexity index is 574. The van der Waals surface area contributed by atoms with E-state index in [9.17, 15) is 13.6 Å². The molecule has 0 radical (unpaired) electrons. The summed E-state index contributed by atoms with van der Waals surface area (Å²) in [7, 11) is 0. The van der Waals surface area contributed by atoms with Crippen LogP contribution in [0.1, 0.15) is 37.7 Å². The number of anilines is 1. The summed E-state index contributed by atoms with van der Waals surface area (Å²) in [5.41, 5.74) is 2.30. The van der Waals surface area contributed by atoms with Gasteiger partial charge in [-0.2, -0.15) is 8.78 Å². The van der Waals surface area contributed by atoms with Gasteiger partial charge in [0.05, 0.1) is 5.69 Å². The number of halogens is 2. The molecule has 2 N–H and O–H groups in total. The van der Waals surface area contributed by atoms with Crippen molar-refractivity contribution >= 4 is 11.7 Å². The van der Waals surface area contributed by atoms with E-state index in [1.165, 1.54) is 24.5 Å². The van der Waals surface area contributed by atoms with Crippen molar-refractivity contribution in [2.45, 2.75) is 45.6 Å². The largest absolute Gasteiger partial charge is 0.433 e. The van der Waals surface area contributed by atoms with Gasteiger partial charge in [0, 0.05) is 6.54 Å². The summed E-state index contributed by atoms with van der Waals surface area (Å²) in [5.74, 6) is -0.0369. The second kappa shape index (κ2) is 8.50. The summed E-state index contributed by atoms with van der Waals surface area (Å²) in [6, 6.07) is 4.31. The minimum atomic E-state index is -2.93. The molecule has 23 heavy (non-hydrogen) atoms. The van der Waals surface area contributed by atoms with Crippen LogP contribution in [0.25, 0.3) is 0 Å². The molecule has 0 saturated carbocycles. The van der Waals surface area contributed by atoms with E-state index in [2.05, 4.69) is 21.4 Å². The highest BCUT2D eigenvalue weighted by Crippen LogP contribution is 2.29. The molecule has 0 saturated heterocycles. The third-order valence-electron chi connectivity index (χ3n) is 3.81. The van der Waals surface area contributed by atoms with E-state index in [-0.39, 0.29) is 11.4 Å². The van der Waals surface area contributed by atoms with Crippen LogP contribution in [0.2, 0.25) is 0 Å². The van der Waals surface area contributed by atoms with Gasteiger partial charge < -0.3 is 15.4 Å². The van der Waals surface area contributed by atoms with E-state index >= 15 is 0 Å². The summed E-state index contributed by atoms with van der Waals surface area (Å²) in [4.78, 5) is 12.0. The van der Waals surface area contributed by atoms with Crippen LogP contribution in [0.4, 0.5) is 19.3 Å². The summed E-state index contributed by atoms with van der Waals surface area (Å²) in [6.07, 6.45) is 7.69. The van der Waals surface area contributed by atoms with Gasteiger partial charge in [0.15, 0.2) is 0 Å². The zero-order chi connectivity index (χ0) is 16.7. The molecule has 1 aliphatic carbocycles. The number of rotatable bonds is 6. The fourth-order valence-corrected chi connectivity index (χ4v) is 2.62. The Hall–Kier alpha value is -2.11. The number of carbonyl (C=O) groups is 1. The molecule has 4 nitrogen and oxygen atoms in total. The van der Waals surface area contributed by atoms with Gasteiger partial charge in [-0.15, -0.1) is 0 Å². The fraction of sp³-hybridized carbons (Fsp3) is 0.471. The van der Waals surface area contributed by atoms with Crippen molar-refractivity contribution in [3.05, 3.63) is 35.4 Å². The van der Waals surface area contributed by atoms with Crippen molar-refractivity contribution in [1.82, 2.24) is 5.32 Å². The molecule has 0 atom stereocenters. The van der Waals surface area contributed by atoms with Crippen molar-refractivity contribution in [1.29, 1.82) is 0 Å². The molecule has 0 unspecified atom stereocenters. The summed E-state index contributed by atoms with van der Waals surface area (Å²) in [5, 5.41) is 5.35. The topological polar surface area (TPSA) is 50.4 Å². The summed E-state index contributed by atoms with van der Waals surface area (Å²) < 4.78 is 29.3. The Kier molecular flexibility index (Phi) is 6.38. The third-order valence-corrected chi connectivity index (χ3v) is 3.81. The lowest BCUT2D eigenvalue weighted by molar-refractivity contribution is -0.0493. The first kappa shape index (κ1) is 17.2. The first-order chi connectivity index (χ1) is 11.1. The monoisotopic (exact) mass is 324 g/mol. The maximum absolute atomic E-state index is 12.4. The van der Waals surface area contributed by atoms with Crippen LogP contribution in [0.5, 0.6) is 5.75 Å². The molecule has 0 heterocycles. The van der Waals surface area contributed by atoms with E-state index in [0.717, 1.165) is 19.3 Å². The second-order valence-corrected chi connectivity index (χ2v) is 5.57. The molecule has 0 spiro atoms. The third kappa shape index (κ3) is 5.54. The molecule has 6 heteroatoms. The highest BCUT2D eigenvalue weighted by atomic mass is 19.3. The number of urea groups is 1. The zero-order valence-electron chi connectivity index (χ0n) is 13.2. The molecule has 1 aliphatic rings. The number of ether oxygens (including phenoxy) is 1.